The normalized spacial score (nSPS) is 23.3. The number of hydrazone groups is 1. The number of fused-ring (bicyclic) bond motifs is 4. The van der Waals surface area contributed by atoms with Crippen LogP contribution >= 0.6 is 31.9 Å². The molecular weight excluding hydrogens is 516 g/mol. The molecule has 0 aromatic heterocycles. The molecule has 31 heavy (non-hydrogen) atoms. The van der Waals surface area contributed by atoms with Crippen molar-refractivity contribution in [3.05, 3.63) is 74.7 Å². The van der Waals surface area contributed by atoms with Gasteiger partial charge in [0.25, 0.3) is 0 Å². The zero-order chi connectivity index (χ0) is 20.9. The van der Waals surface area contributed by atoms with Crippen LogP contribution in [0.3, 0.4) is 0 Å². The van der Waals surface area contributed by atoms with Gasteiger partial charge in [0, 0.05) is 22.4 Å². The van der Waals surface area contributed by atoms with E-state index in [1.807, 2.05) is 0 Å². The Kier molecular flexibility index (Phi) is 5.07. The van der Waals surface area contributed by atoms with E-state index >= 15 is 0 Å². The van der Waals surface area contributed by atoms with Gasteiger partial charge in [-0.1, -0.05) is 71.6 Å². The van der Waals surface area contributed by atoms with Crippen LogP contribution in [0.2, 0.25) is 0 Å². The molecule has 3 aliphatic rings. The lowest BCUT2D eigenvalue weighted by molar-refractivity contribution is -0.0649. The van der Waals surface area contributed by atoms with Gasteiger partial charge in [-0.25, -0.2) is 5.01 Å². The van der Waals surface area contributed by atoms with E-state index in [0.29, 0.717) is 5.92 Å². The minimum absolute atomic E-state index is 0.00762. The Hall–Kier alpha value is -1.85. The van der Waals surface area contributed by atoms with E-state index in [2.05, 4.69) is 91.5 Å². The third-order valence-electron chi connectivity index (χ3n) is 6.97. The van der Waals surface area contributed by atoms with Crippen LogP contribution in [0.15, 0.2) is 68.6 Å². The van der Waals surface area contributed by atoms with Crippen molar-refractivity contribution in [2.24, 2.45) is 11.0 Å². The van der Waals surface area contributed by atoms with E-state index in [9.17, 15) is 0 Å². The first-order valence-electron chi connectivity index (χ1n) is 11.2. The van der Waals surface area contributed by atoms with Crippen molar-refractivity contribution in [3.8, 4) is 5.75 Å². The van der Waals surface area contributed by atoms with Gasteiger partial charge in [-0.2, -0.15) is 5.10 Å². The number of rotatable bonds is 2. The molecule has 3 aromatic carbocycles. The second-order valence-electron chi connectivity index (χ2n) is 8.92. The van der Waals surface area contributed by atoms with Crippen LogP contribution in [0.25, 0.3) is 10.8 Å². The molecule has 1 saturated carbocycles. The van der Waals surface area contributed by atoms with Crippen LogP contribution in [0.4, 0.5) is 0 Å². The van der Waals surface area contributed by atoms with Crippen molar-refractivity contribution in [1.29, 1.82) is 0 Å². The molecule has 2 heterocycles. The molecule has 1 aliphatic carbocycles. The van der Waals surface area contributed by atoms with Gasteiger partial charge in [0.05, 0.1) is 16.2 Å². The Morgan fingerprint density at radius 3 is 2.55 bits per heavy atom. The summed E-state index contributed by atoms with van der Waals surface area (Å²) in [6, 6.07) is 19.7. The Labute approximate surface area is 199 Å². The molecule has 2 aliphatic heterocycles. The maximum atomic E-state index is 6.68. The molecule has 0 saturated heterocycles. The second kappa shape index (κ2) is 7.93. The number of hydrogen-bond acceptors (Lipinski definition) is 3. The minimum atomic E-state index is 0.00762. The summed E-state index contributed by atoms with van der Waals surface area (Å²) in [5, 5.41) is 10.0. The van der Waals surface area contributed by atoms with Crippen molar-refractivity contribution in [3.63, 3.8) is 0 Å². The number of hydrogen-bond donors (Lipinski definition) is 0. The smallest absolute Gasteiger partial charge is 0.190 e. The van der Waals surface area contributed by atoms with Gasteiger partial charge in [0.15, 0.2) is 6.23 Å². The highest BCUT2D eigenvalue weighted by Gasteiger charge is 2.44. The monoisotopic (exact) mass is 538 g/mol. The fraction of sp³-hybridized carbons (Fsp3) is 0.346. The Bertz CT molecular complexity index is 1190. The molecule has 5 heteroatoms. The van der Waals surface area contributed by atoms with E-state index in [0.717, 1.165) is 26.8 Å². The van der Waals surface area contributed by atoms with Crippen LogP contribution in [0.1, 0.15) is 55.7 Å². The predicted octanol–water partition coefficient (Wildman–Crippen LogP) is 7.81. The lowest BCUT2D eigenvalue weighted by Gasteiger charge is -2.43. The molecule has 158 valence electrons. The molecule has 0 radical (unpaired) electrons. The van der Waals surface area contributed by atoms with Gasteiger partial charge in [-0.15, -0.1) is 0 Å². The lowest BCUT2D eigenvalue weighted by atomic mass is 9.86. The average Bonchev–Trinajstić information content (AvgIpc) is 3.25. The lowest BCUT2D eigenvalue weighted by Crippen LogP contribution is -2.46. The zero-order valence-corrected chi connectivity index (χ0v) is 20.4. The molecule has 0 bridgehead atoms. The first-order valence-corrected chi connectivity index (χ1v) is 12.8. The number of benzene rings is 3. The quantitative estimate of drug-likeness (QED) is 0.331. The zero-order valence-electron chi connectivity index (χ0n) is 17.2. The highest BCUT2D eigenvalue weighted by atomic mass is 79.9. The van der Waals surface area contributed by atoms with Crippen LogP contribution in [-0.2, 0) is 0 Å². The fourth-order valence-electron chi connectivity index (χ4n) is 5.42. The Morgan fingerprint density at radius 1 is 0.903 bits per heavy atom. The summed E-state index contributed by atoms with van der Waals surface area (Å²) in [6.07, 6.45) is 7.27. The third kappa shape index (κ3) is 3.50. The van der Waals surface area contributed by atoms with Crippen molar-refractivity contribution in [2.75, 3.05) is 0 Å². The standard InChI is InChI=1S/C26H24Br2N2O/c27-20-13-21-24-15-23(19-11-10-16-6-4-5-9-18(16)12-19)29-30(24)26(17-7-2-1-3-8-17)31-25(21)22(28)14-20/h4-6,9-14,17,24,26H,1-3,7-8,15H2. The number of ether oxygens (including phenoxy) is 1. The Balaban J connectivity index is 1.43. The fourth-order valence-corrected chi connectivity index (χ4v) is 6.77. The van der Waals surface area contributed by atoms with Gasteiger partial charge < -0.3 is 4.74 Å². The Morgan fingerprint density at radius 2 is 1.71 bits per heavy atom. The van der Waals surface area contributed by atoms with Gasteiger partial charge in [0.2, 0.25) is 0 Å². The molecular formula is C26H24Br2N2O. The first kappa shape index (κ1) is 19.8. The van der Waals surface area contributed by atoms with Crippen LogP contribution < -0.4 is 4.74 Å². The summed E-state index contributed by atoms with van der Waals surface area (Å²) in [5.41, 5.74) is 3.59. The molecule has 3 aromatic rings. The van der Waals surface area contributed by atoms with E-state index in [4.69, 9.17) is 9.84 Å². The van der Waals surface area contributed by atoms with E-state index in [1.54, 1.807) is 0 Å². The average molecular weight is 540 g/mol. The maximum absolute atomic E-state index is 6.68. The van der Waals surface area contributed by atoms with Gasteiger partial charge >= 0.3 is 0 Å². The molecule has 0 spiro atoms. The van der Waals surface area contributed by atoms with E-state index in [-0.39, 0.29) is 12.3 Å². The summed E-state index contributed by atoms with van der Waals surface area (Å²) in [4.78, 5) is 0. The number of halogens is 2. The summed E-state index contributed by atoms with van der Waals surface area (Å²) >= 11 is 7.43. The van der Waals surface area contributed by atoms with Crippen LogP contribution in [0, 0.1) is 5.92 Å². The highest BCUT2D eigenvalue weighted by Crippen LogP contribution is 2.49. The van der Waals surface area contributed by atoms with Gasteiger partial charge in [0.1, 0.15) is 5.75 Å². The maximum Gasteiger partial charge on any atom is 0.190 e. The molecule has 0 amide bonds. The second-order valence-corrected chi connectivity index (χ2v) is 10.7. The molecule has 0 N–H and O–H groups in total. The molecule has 1 fully saturated rings. The van der Waals surface area contributed by atoms with E-state index in [1.165, 1.54) is 54.0 Å². The highest BCUT2D eigenvalue weighted by molar-refractivity contribution is 9.11. The van der Waals surface area contributed by atoms with Crippen LogP contribution in [-0.4, -0.2) is 16.9 Å². The van der Waals surface area contributed by atoms with Crippen molar-refractivity contribution in [1.82, 2.24) is 5.01 Å². The summed E-state index contributed by atoms with van der Waals surface area (Å²) < 4.78 is 8.77. The first-order chi connectivity index (χ1) is 15.2. The molecule has 3 nitrogen and oxygen atoms in total. The van der Waals surface area contributed by atoms with Crippen molar-refractivity contribution < 1.29 is 4.74 Å². The molecule has 2 atom stereocenters. The van der Waals surface area contributed by atoms with Crippen molar-refractivity contribution >= 4 is 48.3 Å². The number of nitrogens with zero attached hydrogens (tertiary/aromatic N) is 2. The van der Waals surface area contributed by atoms with Gasteiger partial charge in [-0.3, -0.25) is 0 Å². The minimum Gasteiger partial charge on any atom is -0.467 e. The topological polar surface area (TPSA) is 24.8 Å². The summed E-state index contributed by atoms with van der Waals surface area (Å²) in [5.74, 6) is 1.52. The molecule has 6 rings (SSSR count). The predicted molar refractivity (Wildman–Crippen MR) is 133 cm³/mol. The van der Waals surface area contributed by atoms with Crippen LogP contribution in [0.5, 0.6) is 5.75 Å². The SMILES string of the molecule is Brc1cc(Br)c2c(c1)C1CC(c3ccc4ccccc4c3)=NN1C(C1CCCCC1)O2. The van der Waals surface area contributed by atoms with Crippen molar-refractivity contribution in [2.45, 2.75) is 50.8 Å². The largest absolute Gasteiger partial charge is 0.467 e. The summed E-state index contributed by atoms with van der Waals surface area (Å²) in [6.45, 7) is 0. The van der Waals surface area contributed by atoms with E-state index < -0.39 is 0 Å². The third-order valence-corrected chi connectivity index (χ3v) is 8.02. The summed E-state index contributed by atoms with van der Waals surface area (Å²) in [7, 11) is 0. The molecule has 2 unspecified atom stereocenters. The van der Waals surface area contributed by atoms with Gasteiger partial charge in [-0.05, 0) is 63.3 Å².